The van der Waals surface area contributed by atoms with Crippen LogP contribution in [-0.2, 0) is 9.47 Å². The highest BCUT2D eigenvalue weighted by Crippen LogP contribution is 2.39. The van der Waals surface area contributed by atoms with E-state index in [1.807, 2.05) is 0 Å². The van der Waals surface area contributed by atoms with Crippen molar-refractivity contribution in [3.8, 4) is 0 Å². The minimum Gasteiger partial charge on any atom is -0.389 e. The molecule has 4 nitrogen and oxygen atoms in total. The SMILES string of the molecule is CC(C1CC1)N(CC(O)COC1CCOCC1)C1CC1. The molecule has 0 amide bonds. The van der Waals surface area contributed by atoms with Crippen LogP contribution in [0.15, 0.2) is 0 Å². The van der Waals surface area contributed by atoms with Gasteiger partial charge in [0.05, 0.1) is 18.8 Å². The van der Waals surface area contributed by atoms with Crippen LogP contribution in [0, 0.1) is 5.92 Å². The van der Waals surface area contributed by atoms with Crippen molar-refractivity contribution in [3.05, 3.63) is 0 Å². The summed E-state index contributed by atoms with van der Waals surface area (Å²) in [5, 5.41) is 10.3. The van der Waals surface area contributed by atoms with Gasteiger partial charge in [0.1, 0.15) is 0 Å². The van der Waals surface area contributed by atoms with Gasteiger partial charge in [-0.25, -0.2) is 0 Å². The molecule has 2 saturated carbocycles. The summed E-state index contributed by atoms with van der Waals surface area (Å²) in [7, 11) is 0. The molecule has 3 rings (SSSR count). The minimum atomic E-state index is -0.348. The Morgan fingerprint density at radius 2 is 1.85 bits per heavy atom. The van der Waals surface area contributed by atoms with Crippen LogP contribution in [0.2, 0.25) is 0 Å². The van der Waals surface area contributed by atoms with Crippen molar-refractivity contribution in [3.63, 3.8) is 0 Å². The molecule has 0 radical (unpaired) electrons. The fourth-order valence-electron chi connectivity index (χ4n) is 3.29. The summed E-state index contributed by atoms with van der Waals surface area (Å²) >= 11 is 0. The monoisotopic (exact) mass is 283 g/mol. The van der Waals surface area contributed by atoms with Gasteiger partial charge in [0.2, 0.25) is 0 Å². The van der Waals surface area contributed by atoms with E-state index in [1.54, 1.807) is 0 Å². The maximum absolute atomic E-state index is 10.3. The lowest BCUT2D eigenvalue weighted by molar-refractivity contribution is -0.0667. The standard InChI is InChI=1S/C16H29NO3/c1-12(13-2-3-13)17(14-4-5-14)10-15(18)11-20-16-6-8-19-9-7-16/h12-16,18H,2-11H2,1H3. The first-order chi connectivity index (χ1) is 9.74. The van der Waals surface area contributed by atoms with E-state index in [9.17, 15) is 5.11 Å². The summed E-state index contributed by atoms with van der Waals surface area (Å²) in [5.41, 5.74) is 0. The van der Waals surface area contributed by atoms with Crippen LogP contribution in [-0.4, -0.2) is 60.7 Å². The van der Waals surface area contributed by atoms with Crippen molar-refractivity contribution in [2.45, 2.75) is 69.7 Å². The number of rotatable bonds is 8. The van der Waals surface area contributed by atoms with E-state index in [2.05, 4.69) is 11.8 Å². The molecule has 0 aromatic rings. The third kappa shape index (κ3) is 4.17. The Balaban J connectivity index is 1.40. The first-order valence-electron chi connectivity index (χ1n) is 8.37. The number of nitrogens with zero attached hydrogens (tertiary/aromatic N) is 1. The van der Waals surface area contributed by atoms with E-state index < -0.39 is 0 Å². The third-order valence-electron chi connectivity index (χ3n) is 4.96. The highest BCUT2D eigenvalue weighted by atomic mass is 16.5. The fraction of sp³-hybridized carbons (Fsp3) is 1.00. The molecular formula is C16H29NO3. The summed E-state index contributed by atoms with van der Waals surface area (Å²) in [6, 6.07) is 1.36. The van der Waals surface area contributed by atoms with Crippen molar-refractivity contribution in [2.24, 2.45) is 5.92 Å². The molecule has 4 heteroatoms. The number of hydrogen-bond donors (Lipinski definition) is 1. The van der Waals surface area contributed by atoms with Crippen molar-refractivity contribution in [1.82, 2.24) is 4.90 Å². The maximum atomic E-state index is 10.3. The first-order valence-corrected chi connectivity index (χ1v) is 8.37. The zero-order chi connectivity index (χ0) is 13.9. The largest absolute Gasteiger partial charge is 0.389 e. The van der Waals surface area contributed by atoms with E-state index in [0.29, 0.717) is 12.6 Å². The van der Waals surface area contributed by atoms with Crippen LogP contribution < -0.4 is 0 Å². The van der Waals surface area contributed by atoms with Gasteiger partial charge in [-0.3, -0.25) is 4.90 Å². The lowest BCUT2D eigenvalue weighted by Crippen LogP contribution is -2.43. The van der Waals surface area contributed by atoms with Gasteiger partial charge in [-0.1, -0.05) is 0 Å². The highest BCUT2D eigenvalue weighted by molar-refractivity contribution is 4.94. The summed E-state index contributed by atoms with van der Waals surface area (Å²) in [6.07, 6.45) is 7.25. The maximum Gasteiger partial charge on any atom is 0.0900 e. The van der Waals surface area contributed by atoms with Gasteiger partial charge in [0, 0.05) is 31.8 Å². The molecule has 2 unspecified atom stereocenters. The topological polar surface area (TPSA) is 41.9 Å². The smallest absolute Gasteiger partial charge is 0.0900 e. The molecule has 116 valence electrons. The van der Waals surface area contributed by atoms with E-state index >= 15 is 0 Å². The Morgan fingerprint density at radius 3 is 2.45 bits per heavy atom. The lowest BCUT2D eigenvalue weighted by atomic mass is 10.1. The summed E-state index contributed by atoms with van der Waals surface area (Å²) in [5.74, 6) is 0.874. The molecule has 1 N–H and O–H groups in total. The first kappa shape index (κ1) is 14.8. The van der Waals surface area contributed by atoms with Crippen molar-refractivity contribution < 1.29 is 14.6 Å². The Hall–Kier alpha value is -0.160. The highest BCUT2D eigenvalue weighted by Gasteiger charge is 2.39. The van der Waals surface area contributed by atoms with E-state index in [0.717, 1.165) is 44.6 Å². The van der Waals surface area contributed by atoms with Crippen molar-refractivity contribution >= 4 is 0 Å². The second-order valence-corrected chi connectivity index (χ2v) is 6.80. The molecule has 0 spiro atoms. The van der Waals surface area contributed by atoms with E-state index in [4.69, 9.17) is 9.47 Å². The predicted octanol–water partition coefficient (Wildman–Crippen LogP) is 1.81. The number of aliphatic hydroxyl groups is 1. The summed E-state index contributed by atoms with van der Waals surface area (Å²) in [6.45, 7) is 5.19. The average molecular weight is 283 g/mol. The molecule has 1 heterocycles. The van der Waals surface area contributed by atoms with Crippen LogP contribution in [0.3, 0.4) is 0 Å². The number of ether oxygens (including phenoxy) is 2. The Bertz CT molecular complexity index is 298. The lowest BCUT2D eigenvalue weighted by Gasteiger charge is -2.32. The van der Waals surface area contributed by atoms with Gasteiger partial charge in [-0.05, 0) is 51.4 Å². The van der Waals surface area contributed by atoms with Gasteiger partial charge in [0.15, 0.2) is 0 Å². The molecule has 1 saturated heterocycles. The Kier molecular flexibility index (Phi) is 4.97. The Labute approximate surface area is 122 Å². The van der Waals surface area contributed by atoms with Crippen molar-refractivity contribution in [1.29, 1.82) is 0 Å². The second-order valence-electron chi connectivity index (χ2n) is 6.80. The molecule has 1 aliphatic heterocycles. The normalized spacial score (nSPS) is 27.8. The number of hydrogen-bond acceptors (Lipinski definition) is 4. The van der Waals surface area contributed by atoms with Crippen LogP contribution in [0.1, 0.15) is 45.4 Å². The van der Waals surface area contributed by atoms with Crippen LogP contribution in [0.4, 0.5) is 0 Å². The van der Waals surface area contributed by atoms with Crippen LogP contribution in [0.25, 0.3) is 0 Å². The van der Waals surface area contributed by atoms with E-state index in [1.165, 1.54) is 25.7 Å². The molecule has 0 aromatic heterocycles. The van der Waals surface area contributed by atoms with Gasteiger partial charge in [-0.15, -0.1) is 0 Å². The third-order valence-corrected chi connectivity index (χ3v) is 4.96. The number of aliphatic hydroxyl groups excluding tert-OH is 1. The molecule has 2 atom stereocenters. The fourth-order valence-corrected chi connectivity index (χ4v) is 3.29. The van der Waals surface area contributed by atoms with Gasteiger partial charge < -0.3 is 14.6 Å². The Morgan fingerprint density at radius 1 is 1.15 bits per heavy atom. The van der Waals surface area contributed by atoms with Gasteiger partial charge >= 0.3 is 0 Å². The average Bonchev–Trinajstić information content (AvgIpc) is 3.34. The quantitative estimate of drug-likeness (QED) is 0.737. The van der Waals surface area contributed by atoms with Crippen LogP contribution in [0.5, 0.6) is 0 Å². The van der Waals surface area contributed by atoms with Crippen molar-refractivity contribution in [2.75, 3.05) is 26.4 Å². The molecule has 3 fully saturated rings. The van der Waals surface area contributed by atoms with E-state index in [-0.39, 0.29) is 12.2 Å². The molecule has 0 aromatic carbocycles. The molecule has 2 aliphatic carbocycles. The molecular weight excluding hydrogens is 254 g/mol. The van der Waals surface area contributed by atoms with Gasteiger partial charge in [0.25, 0.3) is 0 Å². The molecule has 0 bridgehead atoms. The molecule has 3 aliphatic rings. The van der Waals surface area contributed by atoms with Gasteiger partial charge in [-0.2, -0.15) is 0 Å². The second kappa shape index (κ2) is 6.73. The summed E-state index contributed by atoms with van der Waals surface area (Å²) < 4.78 is 11.2. The molecule has 20 heavy (non-hydrogen) atoms. The minimum absolute atomic E-state index is 0.286. The zero-order valence-corrected chi connectivity index (χ0v) is 12.7. The summed E-state index contributed by atoms with van der Waals surface area (Å²) in [4.78, 5) is 2.54. The van der Waals surface area contributed by atoms with Crippen LogP contribution >= 0.6 is 0 Å². The zero-order valence-electron chi connectivity index (χ0n) is 12.7. The predicted molar refractivity (Wildman–Crippen MR) is 77.7 cm³/mol.